The number of sulfonamides is 1. The number of nitrogens with one attached hydrogen (secondary N) is 1. The second-order valence-corrected chi connectivity index (χ2v) is 6.35. The van der Waals surface area contributed by atoms with Gasteiger partial charge in [-0.1, -0.05) is 0 Å². The van der Waals surface area contributed by atoms with Crippen LogP contribution in [0, 0.1) is 17.5 Å². The van der Waals surface area contributed by atoms with Gasteiger partial charge in [-0.3, -0.25) is 4.72 Å². The van der Waals surface area contributed by atoms with E-state index in [4.69, 9.17) is 4.74 Å². The first-order valence-corrected chi connectivity index (χ1v) is 8.03. The van der Waals surface area contributed by atoms with Gasteiger partial charge >= 0.3 is 6.36 Å². The molecule has 0 aromatic heterocycles. The van der Waals surface area contributed by atoms with Crippen LogP contribution in [0.25, 0.3) is 0 Å². The van der Waals surface area contributed by atoms with Crippen molar-refractivity contribution < 1.29 is 44.2 Å². The van der Waals surface area contributed by atoms with Crippen LogP contribution in [0.15, 0.2) is 35.2 Å². The summed E-state index contributed by atoms with van der Waals surface area (Å²) in [5.74, 6) is -8.44. The summed E-state index contributed by atoms with van der Waals surface area (Å²) in [6.45, 7) is 0. The monoisotopic (exact) mass is 401 g/mol. The predicted octanol–water partition coefficient (Wildman–Crippen LogP) is 3.81. The molecular weight excluding hydrogens is 392 g/mol. The van der Waals surface area contributed by atoms with E-state index < -0.39 is 44.5 Å². The number of benzene rings is 2. The minimum Gasteiger partial charge on any atom is -0.497 e. The number of rotatable bonds is 5. The van der Waals surface area contributed by atoms with Crippen LogP contribution in [0.1, 0.15) is 0 Å². The molecule has 0 heterocycles. The molecule has 2 aromatic carbocycles. The number of hydrogen-bond donors (Lipinski definition) is 1. The van der Waals surface area contributed by atoms with Crippen molar-refractivity contribution in [1.29, 1.82) is 0 Å². The van der Waals surface area contributed by atoms with Gasteiger partial charge in [-0.05, 0) is 24.3 Å². The van der Waals surface area contributed by atoms with Crippen LogP contribution >= 0.6 is 0 Å². The van der Waals surface area contributed by atoms with E-state index in [1.54, 1.807) is 0 Å². The number of hydrogen-bond acceptors (Lipinski definition) is 4. The Hall–Kier alpha value is -2.63. The molecule has 0 fully saturated rings. The molecule has 0 unspecified atom stereocenters. The minimum atomic E-state index is -5.50. The van der Waals surface area contributed by atoms with Gasteiger partial charge in [0.25, 0.3) is 10.0 Å². The van der Waals surface area contributed by atoms with Gasteiger partial charge in [0.2, 0.25) is 11.6 Å². The van der Waals surface area contributed by atoms with Crippen LogP contribution in [-0.2, 0) is 10.0 Å². The third-order valence-corrected chi connectivity index (χ3v) is 4.31. The van der Waals surface area contributed by atoms with E-state index in [9.17, 15) is 34.8 Å². The highest BCUT2D eigenvalue weighted by Gasteiger charge is 2.37. The molecule has 0 saturated carbocycles. The molecule has 2 rings (SSSR count). The molecule has 12 heteroatoms. The Morgan fingerprint density at radius 1 is 1.00 bits per heavy atom. The van der Waals surface area contributed by atoms with Crippen molar-refractivity contribution in [2.24, 2.45) is 0 Å². The minimum absolute atomic E-state index is 0.110. The van der Waals surface area contributed by atoms with E-state index in [0.717, 1.165) is 0 Å². The van der Waals surface area contributed by atoms with E-state index in [1.165, 1.54) is 31.4 Å². The van der Waals surface area contributed by atoms with Gasteiger partial charge in [0.15, 0.2) is 11.6 Å². The molecule has 0 aliphatic heterocycles. The molecule has 1 N–H and O–H groups in total. The van der Waals surface area contributed by atoms with E-state index in [0.29, 0.717) is 5.75 Å². The largest absolute Gasteiger partial charge is 0.573 e. The molecule has 5 nitrogen and oxygen atoms in total. The van der Waals surface area contributed by atoms with Crippen molar-refractivity contribution in [2.75, 3.05) is 11.8 Å². The van der Waals surface area contributed by atoms with Gasteiger partial charge in [0.1, 0.15) is 10.6 Å². The molecule has 0 bridgehead atoms. The fraction of sp³-hybridized carbons (Fsp3) is 0.143. The zero-order valence-electron chi connectivity index (χ0n) is 12.7. The Morgan fingerprint density at radius 3 is 2.08 bits per heavy atom. The van der Waals surface area contributed by atoms with Crippen LogP contribution in [-0.4, -0.2) is 21.9 Å². The van der Waals surface area contributed by atoms with E-state index >= 15 is 0 Å². The Kier molecular flexibility index (Phi) is 5.26. The summed E-state index contributed by atoms with van der Waals surface area (Å²) in [5, 5.41) is 0. The van der Waals surface area contributed by atoms with Gasteiger partial charge in [-0.2, -0.15) is 4.39 Å². The molecule has 0 spiro atoms. The average Bonchev–Trinajstić information content (AvgIpc) is 2.54. The van der Waals surface area contributed by atoms with E-state index in [2.05, 4.69) is 4.74 Å². The zero-order chi connectivity index (χ0) is 19.7. The fourth-order valence-electron chi connectivity index (χ4n) is 1.83. The molecule has 0 amide bonds. The van der Waals surface area contributed by atoms with Crippen molar-refractivity contribution >= 4 is 15.7 Å². The summed E-state index contributed by atoms with van der Waals surface area (Å²) >= 11 is 0. The molecule has 0 radical (unpaired) electrons. The summed E-state index contributed by atoms with van der Waals surface area (Å²) in [7, 11) is -3.50. The van der Waals surface area contributed by atoms with Crippen LogP contribution in [0.5, 0.6) is 11.5 Å². The standard InChI is InChI=1S/C14H9F6NO4S/c1-24-8-4-2-7(3-5-8)21-26(22,23)10-6-9(15)13(12(17)11(10)16)25-14(18,19)20/h2-6,21H,1H3. The van der Waals surface area contributed by atoms with Gasteiger partial charge in [0, 0.05) is 11.8 Å². The summed E-state index contributed by atoms with van der Waals surface area (Å²) in [6, 6.07) is 4.99. The van der Waals surface area contributed by atoms with Gasteiger partial charge in [-0.25, -0.2) is 17.2 Å². The first-order chi connectivity index (χ1) is 11.9. The molecule has 26 heavy (non-hydrogen) atoms. The van der Waals surface area contributed by atoms with Gasteiger partial charge in [0.05, 0.1) is 7.11 Å². The molecule has 0 aliphatic carbocycles. The van der Waals surface area contributed by atoms with Crippen LogP contribution in [0.4, 0.5) is 32.0 Å². The number of ether oxygens (including phenoxy) is 2. The summed E-state index contributed by atoms with van der Waals surface area (Å²) < 4.78 is 111. The lowest BCUT2D eigenvalue weighted by molar-refractivity contribution is -0.276. The molecule has 0 atom stereocenters. The SMILES string of the molecule is COc1ccc(NS(=O)(=O)c2cc(F)c(OC(F)(F)F)c(F)c2F)cc1. The lowest BCUT2D eigenvalue weighted by atomic mass is 10.3. The highest BCUT2D eigenvalue weighted by atomic mass is 32.2. The van der Waals surface area contributed by atoms with Crippen molar-refractivity contribution in [1.82, 2.24) is 0 Å². The van der Waals surface area contributed by atoms with E-state index in [1.807, 2.05) is 4.72 Å². The third-order valence-electron chi connectivity index (χ3n) is 2.93. The molecule has 0 aliphatic rings. The predicted molar refractivity (Wildman–Crippen MR) is 76.8 cm³/mol. The molecule has 142 valence electrons. The number of halogens is 6. The molecule has 0 saturated heterocycles. The Labute approximate surface area is 143 Å². The average molecular weight is 401 g/mol. The second-order valence-electron chi connectivity index (χ2n) is 4.70. The first kappa shape index (κ1) is 19.7. The smallest absolute Gasteiger partial charge is 0.497 e. The summed E-state index contributed by atoms with van der Waals surface area (Å²) in [5.41, 5.74) is -0.110. The Bertz CT molecular complexity index is 913. The first-order valence-electron chi connectivity index (χ1n) is 6.54. The van der Waals surface area contributed by atoms with Gasteiger partial charge in [-0.15, -0.1) is 13.2 Å². The zero-order valence-corrected chi connectivity index (χ0v) is 13.5. The fourth-order valence-corrected chi connectivity index (χ4v) is 2.97. The second kappa shape index (κ2) is 6.94. The number of alkyl halides is 3. The topological polar surface area (TPSA) is 64.6 Å². The quantitative estimate of drug-likeness (QED) is 0.611. The van der Waals surface area contributed by atoms with E-state index in [-0.39, 0.29) is 11.8 Å². The lowest BCUT2D eigenvalue weighted by Crippen LogP contribution is -2.21. The third kappa shape index (κ3) is 4.31. The van der Waals surface area contributed by atoms with Crippen molar-refractivity contribution in [3.05, 3.63) is 47.8 Å². The number of methoxy groups -OCH3 is 1. The van der Waals surface area contributed by atoms with Crippen LogP contribution in [0.3, 0.4) is 0 Å². The van der Waals surface area contributed by atoms with Crippen molar-refractivity contribution in [2.45, 2.75) is 11.3 Å². The van der Waals surface area contributed by atoms with Crippen LogP contribution < -0.4 is 14.2 Å². The van der Waals surface area contributed by atoms with Crippen molar-refractivity contribution in [3.63, 3.8) is 0 Å². The lowest BCUT2D eigenvalue weighted by Gasteiger charge is -2.14. The highest BCUT2D eigenvalue weighted by Crippen LogP contribution is 2.33. The highest BCUT2D eigenvalue weighted by molar-refractivity contribution is 7.92. The number of anilines is 1. The maximum absolute atomic E-state index is 13.9. The van der Waals surface area contributed by atoms with Gasteiger partial charge < -0.3 is 9.47 Å². The maximum atomic E-state index is 13.9. The molecular formula is C14H9F6NO4S. The summed E-state index contributed by atoms with van der Waals surface area (Å²) in [4.78, 5) is -1.53. The van der Waals surface area contributed by atoms with Crippen LogP contribution in [0.2, 0.25) is 0 Å². The van der Waals surface area contributed by atoms with Crippen molar-refractivity contribution in [3.8, 4) is 11.5 Å². The summed E-state index contributed by atoms with van der Waals surface area (Å²) in [6.07, 6.45) is -5.50. The normalized spacial score (nSPS) is 12.0. The Balaban J connectivity index is 2.43. The Morgan fingerprint density at radius 2 is 1.58 bits per heavy atom. The molecule has 2 aromatic rings. The maximum Gasteiger partial charge on any atom is 0.573 e.